The molecule has 9 heteroatoms. The highest BCUT2D eigenvalue weighted by Crippen LogP contribution is 2.37. The Morgan fingerprint density at radius 3 is 2.33 bits per heavy atom. The van der Waals surface area contributed by atoms with Crippen LogP contribution < -0.4 is 24.8 Å². The minimum absolute atomic E-state index is 0.0938. The molecule has 4 aromatic carbocycles. The second kappa shape index (κ2) is 15.8. The molecule has 6 rings (SSSR count). The summed E-state index contributed by atoms with van der Waals surface area (Å²) in [6, 6.07) is 29.7. The highest BCUT2D eigenvalue weighted by atomic mass is 16.5. The molecule has 5 aromatic rings. The van der Waals surface area contributed by atoms with Crippen LogP contribution in [-0.4, -0.2) is 43.2 Å². The number of amides is 1. The molecule has 1 saturated carbocycles. The number of hydrogen-bond acceptors (Lipinski definition) is 8. The molecule has 246 valence electrons. The molecule has 1 aliphatic rings. The smallest absolute Gasteiger partial charge is 0.310 e. The summed E-state index contributed by atoms with van der Waals surface area (Å²) in [5.41, 5.74) is 3.89. The van der Waals surface area contributed by atoms with E-state index in [4.69, 9.17) is 18.9 Å². The molecule has 0 aliphatic heterocycles. The minimum Gasteiger partial charge on any atom is -0.493 e. The van der Waals surface area contributed by atoms with Gasteiger partial charge in [-0.1, -0.05) is 30.3 Å². The van der Waals surface area contributed by atoms with Crippen molar-refractivity contribution in [2.45, 2.75) is 44.6 Å². The Hall–Kier alpha value is -5.57. The van der Waals surface area contributed by atoms with E-state index in [1.165, 1.54) is 0 Å². The maximum atomic E-state index is 12.5. The number of pyridine rings is 1. The molecular formula is C39H39N3O6. The van der Waals surface area contributed by atoms with E-state index < -0.39 is 0 Å². The number of benzene rings is 4. The summed E-state index contributed by atoms with van der Waals surface area (Å²) < 4.78 is 23.5. The lowest BCUT2D eigenvalue weighted by atomic mass is 10.1. The lowest BCUT2D eigenvalue weighted by Gasteiger charge is -2.14. The van der Waals surface area contributed by atoms with E-state index in [2.05, 4.69) is 15.6 Å². The van der Waals surface area contributed by atoms with Crippen molar-refractivity contribution in [1.29, 1.82) is 0 Å². The summed E-state index contributed by atoms with van der Waals surface area (Å²) in [7, 11) is 1.60. The van der Waals surface area contributed by atoms with E-state index in [9.17, 15) is 9.59 Å². The minimum atomic E-state index is -0.175. The summed E-state index contributed by atoms with van der Waals surface area (Å²) in [4.78, 5) is 29.2. The van der Waals surface area contributed by atoms with Gasteiger partial charge in [0.25, 0.3) is 5.91 Å². The van der Waals surface area contributed by atoms with Crippen molar-refractivity contribution in [3.63, 3.8) is 0 Å². The first kappa shape index (κ1) is 32.4. The molecule has 48 heavy (non-hydrogen) atoms. The Morgan fingerprint density at radius 1 is 0.833 bits per heavy atom. The molecule has 0 unspecified atom stereocenters. The van der Waals surface area contributed by atoms with Crippen LogP contribution >= 0.6 is 0 Å². The molecule has 0 radical (unpaired) electrons. The number of rotatable bonds is 14. The zero-order valence-corrected chi connectivity index (χ0v) is 26.9. The monoisotopic (exact) mass is 645 g/mol. The fraction of sp³-hybridized carbons (Fsp3) is 0.256. The zero-order valence-electron chi connectivity index (χ0n) is 26.9. The van der Waals surface area contributed by atoms with Crippen molar-refractivity contribution in [2.75, 3.05) is 30.9 Å². The number of ether oxygens (including phenoxy) is 4. The lowest BCUT2D eigenvalue weighted by Crippen LogP contribution is -2.16. The van der Waals surface area contributed by atoms with Crippen molar-refractivity contribution >= 4 is 34.2 Å². The molecule has 1 heterocycles. The van der Waals surface area contributed by atoms with Crippen molar-refractivity contribution < 1.29 is 28.5 Å². The molecule has 1 fully saturated rings. The molecule has 1 aromatic heterocycles. The predicted molar refractivity (Wildman–Crippen MR) is 186 cm³/mol. The molecule has 0 bridgehead atoms. The van der Waals surface area contributed by atoms with Crippen LogP contribution in [0.15, 0.2) is 103 Å². The van der Waals surface area contributed by atoms with Crippen LogP contribution in [0, 0.1) is 0 Å². The first-order valence-corrected chi connectivity index (χ1v) is 16.3. The van der Waals surface area contributed by atoms with E-state index in [0.717, 1.165) is 48.7 Å². The third kappa shape index (κ3) is 8.61. The van der Waals surface area contributed by atoms with Gasteiger partial charge in [-0.2, -0.15) is 0 Å². The molecule has 0 spiro atoms. The summed E-state index contributed by atoms with van der Waals surface area (Å²) in [5, 5.41) is 7.08. The number of carbonyl (C=O) groups is 2. The van der Waals surface area contributed by atoms with Crippen LogP contribution in [0.4, 0.5) is 11.4 Å². The van der Waals surface area contributed by atoms with Crippen molar-refractivity contribution in [3.8, 4) is 23.0 Å². The topological polar surface area (TPSA) is 108 Å². The lowest BCUT2D eigenvalue weighted by molar-refractivity contribution is -0.147. The van der Waals surface area contributed by atoms with Crippen LogP contribution in [0.5, 0.6) is 23.0 Å². The van der Waals surface area contributed by atoms with Gasteiger partial charge < -0.3 is 29.6 Å². The SMILES string of the molecule is COc1cc2c(Oc3ccc(NC(=O)c4ccccc4)cc3)ccnc2cc1OCCCNc1ccc(CC(=O)OC2CCCC2)cc1. The molecule has 1 amide bonds. The Balaban J connectivity index is 0.993. The van der Waals surface area contributed by atoms with Crippen LogP contribution in [0.25, 0.3) is 10.9 Å². The average molecular weight is 646 g/mol. The first-order valence-electron chi connectivity index (χ1n) is 16.3. The van der Waals surface area contributed by atoms with Gasteiger partial charge >= 0.3 is 5.97 Å². The van der Waals surface area contributed by atoms with Gasteiger partial charge in [0, 0.05) is 41.1 Å². The maximum Gasteiger partial charge on any atom is 0.310 e. The van der Waals surface area contributed by atoms with E-state index in [-0.39, 0.29) is 18.0 Å². The third-order valence-electron chi connectivity index (χ3n) is 8.17. The van der Waals surface area contributed by atoms with E-state index >= 15 is 0 Å². The number of esters is 1. The Morgan fingerprint density at radius 2 is 1.58 bits per heavy atom. The molecular weight excluding hydrogens is 606 g/mol. The van der Waals surface area contributed by atoms with Crippen LogP contribution in [-0.2, 0) is 16.0 Å². The average Bonchev–Trinajstić information content (AvgIpc) is 3.62. The second-order valence-electron chi connectivity index (χ2n) is 11.7. The van der Waals surface area contributed by atoms with Crippen LogP contribution in [0.1, 0.15) is 48.0 Å². The van der Waals surface area contributed by atoms with Crippen LogP contribution in [0.2, 0.25) is 0 Å². The molecule has 9 nitrogen and oxygen atoms in total. The molecule has 0 atom stereocenters. The molecule has 1 aliphatic carbocycles. The number of anilines is 2. The van der Waals surface area contributed by atoms with Crippen molar-refractivity contribution in [3.05, 3.63) is 114 Å². The quantitative estimate of drug-likeness (QED) is 0.0919. The Bertz CT molecular complexity index is 1820. The number of nitrogens with zero attached hydrogens (tertiary/aromatic N) is 1. The van der Waals surface area contributed by atoms with Gasteiger partial charge in [-0.05, 0) is 98.3 Å². The second-order valence-corrected chi connectivity index (χ2v) is 11.7. The number of aromatic nitrogens is 1. The standard InChI is InChI=1S/C39H39N3O6/c1-45-36-25-33-34(41-22-20-35(33)47-32-18-16-30(17-19-32)42-39(44)28-8-3-2-4-9-28)26-37(36)46-23-7-21-40-29-14-12-27(13-15-29)24-38(43)48-31-10-5-6-11-31/h2-4,8-9,12-20,22,25-26,31,40H,5-7,10-11,21,23-24H2,1H3,(H,42,44). The highest BCUT2D eigenvalue weighted by Gasteiger charge is 2.19. The van der Waals surface area contributed by atoms with Gasteiger partial charge in [0.15, 0.2) is 11.5 Å². The van der Waals surface area contributed by atoms with E-state index in [1.807, 2.05) is 54.6 Å². The van der Waals surface area contributed by atoms with Gasteiger partial charge in [-0.25, -0.2) is 0 Å². The van der Waals surface area contributed by atoms with Crippen molar-refractivity contribution in [1.82, 2.24) is 4.98 Å². The summed E-state index contributed by atoms with van der Waals surface area (Å²) >= 11 is 0. The normalized spacial score (nSPS) is 12.8. The van der Waals surface area contributed by atoms with E-state index in [1.54, 1.807) is 55.8 Å². The first-order chi connectivity index (χ1) is 23.5. The fourth-order valence-corrected chi connectivity index (χ4v) is 5.64. The Kier molecular flexibility index (Phi) is 10.7. The van der Waals surface area contributed by atoms with Gasteiger partial charge in [0.1, 0.15) is 17.6 Å². The van der Waals surface area contributed by atoms with Gasteiger partial charge in [0.2, 0.25) is 0 Å². The maximum absolute atomic E-state index is 12.5. The van der Waals surface area contributed by atoms with Gasteiger partial charge in [-0.3, -0.25) is 14.6 Å². The number of nitrogens with one attached hydrogen (secondary N) is 2. The highest BCUT2D eigenvalue weighted by molar-refractivity contribution is 6.04. The fourth-order valence-electron chi connectivity index (χ4n) is 5.64. The summed E-state index contributed by atoms with van der Waals surface area (Å²) in [5.74, 6) is 2.08. The molecule has 2 N–H and O–H groups in total. The molecule has 0 saturated heterocycles. The van der Waals surface area contributed by atoms with E-state index in [0.29, 0.717) is 59.3 Å². The van der Waals surface area contributed by atoms with Gasteiger partial charge in [0.05, 0.1) is 25.7 Å². The number of hydrogen-bond donors (Lipinski definition) is 2. The number of methoxy groups -OCH3 is 1. The zero-order chi connectivity index (χ0) is 33.1. The van der Waals surface area contributed by atoms with Crippen molar-refractivity contribution in [2.24, 2.45) is 0 Å². The number of carbonyl (C=O) groups excluding carboxylic acids is 2. The number of fused-ring (bicyclic) bond motifs is 1. The summed E-state index contributed by atoms with van der Waals surface area (Å²) in [6.07, 6.45) is 7.09. The summed E-state index contributed by atoms with van der Waals surface area (Å²) in [6.45, 7) is 1.19. The predicted octanol–water partition coefficient (Wildman–Crippen LogP) is 8.20. The van der Waals surface area contributed by atoms with Gasteiger partial charge in [-0.15, -0.1) is 0 Å². The third-order valence-corrected chi connectivity index (χ3v) is 8.17. The largest absolute Gasteiger partial charge is 0.493 e. The van der Waals surface area contributed by atoms with Crippen LogP contribution in [0.3, 0.4) is 0 Å². The Labute approximate surface area is 280 Å².